The van der Waals surface area contributed by atoms with E-state index in [1.807, 2.05) is 29.2 Å². The first-order valence-corrected chi connectivity index (χ1v) is 7.00. The predicted molar refractivity (Wildman–Crippen MR) is 78.3 cm³/mol. The molecule has 0 aliphatic carbocycles. The predicted octanol–water partition coefficient (Wildman–Crippen LogP) is 1.36. The molecule has 0 aromatic heterocycles. The fourth-order valence-corrected chi connectivity index (χ4v) is 2.36. The second-order valence-corrected chi connectivity index (χ2v) is 5.05. The minimum Gasteiger partial charge on any atom is -0.338 e. The summed E-state index contributed by atoms with van der Waals surface area (Å²) in [6.07, 6.45) is 2.72. The second-order valence-electron chi connectivity index (χ2n) is 5.05. The van der Waals surface area contributed by atoms with Crippen molar-refractivity contribution in [3.05, 3.63) is 29.8 Å². The van der Waals surface area contributed by atoms with Gasteiger partial charge in [-0.25, -0.2) is 0 Å². The van der Waals surface area contributed by atoms with Gasteiger partial charge < -0.3 is 15.5 Å². The number of hydrogen-bond acceptors (Lipinski definition) is 3. The number of carbonyl (C=O) groups is 2. The number of carbonyl (C=O) groups excluding carboxylic acids is 2. The summed E-state index contributed by atoms with van der Waals surface area (Å²) in [4.78, 5) is 25.2. The third-order valence-corrected chi connectivity index (χ3v) is 3.34. The average molecular weight is 275 g/mol. The lowest BCUT2D eigenvalue weighted by Gasteiger charge is -2.26. The van der Waals surface area contributed by atoms with E-state index in [1.54, 1.807) is 7.05 Å². The third kappa shape index (κ3) is 4.06. The summed E-state index contributed by atoms with van der Waals surface area (Å²) in [7, 11) is 1.73. The Balaban J connectivity index is 1.98. The van der Waals surface area contributed by atoms with Crippen LogP contribution in [0.4, 0.5) is 5.69 Å². The van der Waals surface area contributed by atoms with Crippen molar-refractivity contribution < 1.29 is 9.59 Å². The molecule has 5 nitrogen and oxygen atoms in total. The number of rotatable bonds is 5. The van der Waals surface area contributed by atoms with Crippen LogP contribution < -0.4 is 10.6 Å². The highest BCUT2D eigenvalue weighted by molar-refractivity contribution is 5.92. The third-order valence-electron chi connectivity index (χ3n) is 3.34. The van der Waals surface area contributed by atoms with Crippen molar-refractivity contribution in [2.24, 2.45) is 0 Å². The van der Waals surface area contributed by atoms with Crippen molar-refractivity contribution in [2.75, 3.05) is 25.5 Å². The fourth-order valence-electron chi connectivity index (χ4n) is 2.36. The summed E-state index contributed by atoms with van der Waals surface area (Å²) < 4.78 is 0. The van der Waals surface area contributed by atoms with Gasteiger partial charge in [-0.2, -0.15) is 0 Å². The van der Waals surface area contributed by atoms with Crippen LogP contribution in [0.2, 0.25) is 0 Å². The van der Waals surface area contributed by atoms with Crippen molar-refractivity contribution >= 4 is 17.5 Å². The summed E-state index contributed by atoms with van der Waals surface area (Å²) in [5.74, 6) is 0.152. The zero-order valence-corrected chi connectivity index (χ0v) is 11.8. The topological polar surface area (TPSA) is 61.4 Å². The first-order valence-electron chi connectivity index (χ1n) is 7.00. The standard InChI is InChI=1S/C15H21N3O2/c1-16-10-14(19)17-13-6-4-5-12(9-13)11-18-8-3-2-7-15(18)20/h4-6,9,16H,2-3,7-8,10-11H2,1H3,(H,17,19). The molecular weight excluding hydrogens is 254 g/mol. The van der Waals surface area contributed by atoms with Crippen LogP contribution in [0.1, 0.15) is 24.8 Å². The minimum absolute atomic E-state index is 0.0706. The summed E-state index contributed by atoms with van der Waals surface area (Å²) in [5.41, 5.74) is 1.81. The van der Waals surface area contributed by atoms with Gasteiger partial charge in [0, 0.05) is 25.2 Å². The largest absolute Gasteiger partial charge is 0.338 e. The van der Waals surface area contributed by atoms with Gasteiger partial charge in [-0.05, 0) is 37.6 Å². The highest BCUT2D eigenvalue weighted by atomic mass is 16.2. The summed E-state index contributed by atoms with van der Waals surface area (Å²) in [5, 5.41) is 5.64. The van der Waals surface area contributed by atoms with Gasteiger partial charge in [0.1, 0.15) is 0 Å². The maximum Gasteiger partial charge on any atom is 0.238 e. The van der Waals surface area contributed by atoms with E-state index in [4.69, 9.17) is 0 Å². The minimum atomic E-state index is -0.0706. The van der Waals surface area contributed by atoms with E-state index in [0.29, 0.717) is 13.0 Å². The zero-order chi connectivity index (χ0) is 14.4. The van der Waals surface area contributed by atoms with Crippen LogP contribution in [-0.4, -0.2) is 36.9 Å². The van der Waals surface area contributed by atoms with Crippen LogP contribution in [0.25, 0.3) is 0 Å². The Bertz CT molecular complexity index is 488. The number of amides is 2. The van der Waals surface area contributed by atoms with E-state index in [-0.39, 0.29) is 18.4 Å². The van der Waals surface area contributed by atoms with E-state index < -0.39 is 0 Å². The van der Waals surface area contributed by atoms with E-state index in [9.17, 15) is 9.59 Å². The lowest BCUT2D eigenvalue weighted by atomic mass is 10.1. The number of likely N-dealkylation sites (N-methyl/N-ethyl adjacent to an activating group) is 1. The number of nitrogens with zero attached hydrogens (tertiary/aromatic N) is 1. The van der Waals surface area contributed by atoms with Crippen LogP contribution >= 0.6 is 0 Å². The summed E-state index contributed by atoms with van der Waals surface area (Å²) in [6.45, 7) is 1.73. The lowest BCUT2D eigenvalue weighted by Crippen LogP contribution is -2.34. The zero-order valence-electron chi connectivity index (χ0n) is 11.8. The number of piperidine rings is 1. The quantitative estimate of drug-likeness (QED) is 0.853. The average Bonchev–Trinajstić information content (AvgIpc) is 2.42. The maximum absolute atomic E-state index is 11.8. The molecule has 1 aliphatic rings. The van der Waals surface area contributed by atoms with Gasteiger partial charge in [-0.3, -0.25) is 9.59 Å². The van der Waals surface area contributed by atoms with Gasteiger partial charge in [0.15, 0.2) is 0 Å². The molecule has 108 valence electrons. The molecular formula is C15H21N3O2. The van der Waals surface area contributed by atoms with E-state index in [2.05, 4.69) is 10.6 Å². The fraction of sp³-hybridized carbons (Fsp3) is 0.467. The summed E-state index contributed by atoms with van der Waals surface area (Å²) in [6, 6.07) is 7.67. The number of nitrogens with one attached hydrogen (secondary N) is 2. The number of benzene rings is 1. The van der Waals surface area contributed by atoms with Gasteiger partial charge in [0.2, 0.25) is 11.8 Å². The van der Waals surface area contributed by atoms with Gasteiger partial charge >= 0.3 is 0 Å². The Kier molecular flexibility index (Phi) is 5.12. The molecule has 0 radical (unpaired) electrons. The van der Waals surface area contributed by atoms with Gasteiger partial charge in [0.05, 0.1) is 6.54 Å². The Morgan fingerprint density at radius 2 is 2.20 bits per heavy atom. The molecule has 1 heterocycles. The molecule has 0 bridgehead atoms. The molecule has 2 rings (SSSR count). The van der Waals surface area contributed by atoms with Crippen molar-refractivity contribution in [3.8, 4) is 0 Å². The van der Waals surface area contributed by atoms with Crippen LogP contribution in [0, 0.1) is 0 Å². The van der Waals surface area contributed by atoms with E-state index in [0.717, 1.165) is 30.6 Å². The Labute approximate surface area is 119 Å². The molecule has 1 fully saturated rings. The maximum atomic E-state index is 11.8. The molecule has 0 atom stereocenters. The van der Waals surface area contributed by atoms with Gasteiger partial charge in [-0.15, -0.1) is 0 Å². The van der Waals surface area contributed by atoms with Crippen molar-refractivity contribution in [1.29, 1.82) is 0 Å². The first-order chi connectivity index (χ1) is 9.69. The molecule has 20 heavy (non-hydrogen) atoms. The molecule has 5 heteroatoms. The number of likely N-dealkylation sites (tertiary alicyclic amines) is 1. The molecule has 1 aromatic rings. The molecule has 0 saturated carbocycles. The molecule has 0 spiro atoms. The highest BCUT2D eigenvalue weighted by Gasteiger charge is 2.17. The molecule has 2 amide bonds. The molecule has 1 aromatic carbocycles. The number of hydrogen-bond donors (Lipinski definition) is 2. The van der Waals surface area contributed by atoms with Crippen molar-refractivity contribution in [1.82, 2.24) is 10.2 Å². The monoisotopic (exact) mass is 275 g/mol. The smallest absolute Gasteiger partial charge is 0.238 e. The van der Waals surface area contributed by atoms with E-state index in [1.165, 1.54) is 0 Å². The van der Waals surface area contributed by atoms with Crippen molar-refractivity contribution in [3.63, 3.8) is 0 Å². The Morgan fingerprint density at radius 1 is 1.35 bits per heavy atom. The Hall–Kier alpha value is -1.88. The summed E-state index contributed by atoms with van der Waals surface area (Å²) >= 11 is 0. The first kappa shape index (κ1) is 14.5. The van der Waals surface area contributed by atoms with E-state index >= 15 is 0 Å². The molecule has 2 N–H and O–H groups in total. The number of anilines is 1. The van der Waals surface area contributed by atoms with Crippen LogP contribution in [-0.2, 0) is 16.1 Å². The highest BCUT2D eigenvalue weighted by Crippen LogP contribution is 2.17. The van der Waals surface area contributed by atoms with Crippen LogP contribution in [0.5, 0.6) is 0 Å². The molecule has 1 saturated heterocycles. The van der Waals surface area contributed by atoms with Gasteiger partial charge in [-0.1, -0.05) is 12.1 Å². The Morgan fingerprint density at radius 3 is 2.95 bits per heavy atom. The van der Waals surface area contributed by atoms with Crippen molar-refractivity contribution in [2.45, 2.75) is 25.8 Å². The molecule has 1 aliphatic heterocycles. The lowest BCUT2D eigenvalue weighted by molar-refractivity contribution is -0.133. The van der Waals surface area contributed by atoms with Crippen LogP contribution in [0.15, 0.2) is 24.3 Å². The molecule has 0 unspecified atom stereocenters. The second kappa shape index (κ2) is 7.05. The SMILES string of the molecule is CNCC(=O)Nc1cccc(CN2CCCCC2=O)c1. The van der Waals surface area contributed by atoms with Gasteiger partial charge in [0.25, 0.3) is 0 Å². The normalized spacial score (nSPS) is 15.2. The van der Waals surface area contributed by atoms with Crippen LogP contribution in [0.3, 0.4) is 0 Å².